The van der Waals surface area contributed by atoms with Gasteiger partial charge in [-0.15, -0.1) is 0 Å². The highest BCUT2D eigenvalue weighted by atomic mass is 35.5. The SMILES string of the molecule is CCCNC(=O)[C@H](Cc1ccccc1)N(Cc1cccc(OC)c1)C(=O)CN(c1ccc(Cl)cc1)S(C)(=O)=O. The Morgan fingerprint density at radius 3 is 2.26 bits per heavy atom. The summed E-state index contributed by atoms with van der Waals surface area (Å²) in [5, 5.41) is 3.35. The van der Waals surface area contributed by atoms with E-state index < -0.39 is 28.5 Å². The van der Waals surface area contributed by atoms with Crippen LogP contribution in [0.15, 0.2) is 78.9 Å². The average molecular weight is 572 g/mol. The quantitative estimate of drug-likeness (QED) is 0.330. The first-order valence-corrected chi connectivity index (χ1v) is 14.8. The fraction of sp³-hybridized carbons (Fsp3) is 0.310. The smallest absolute Gasteiger partial charge is 0.244 e. The minimum absolute atomic E-state index is 0.0747. The number of carbonyl (C=O) groups is 2. The second kappa shape index (κ2) is 14.0. The predicted molar refractivity (Wildman–Crippen MR) is 154 cm³/mol. The Morgan fingerprint density at radius 1 is 0.974 bits per heavy atom. The van der Waals surface area contributed by atoms with Crippen LogP contribution in [0.1, 0.15) is 24.5 Å². The van der Waals surface area contributed by atoms with Crippen molar-refractivity contribution >= 4 is 39.1 Å². The van der Waals surface area contributed by atoms with Crippen molar-refractivity contribution in [3.63, 3.8) is 0 Å². The number of carbonyl (C=O) groups excluding carboxylic acids is 2. The summed E-state index contributed by atoms with van der Waals surface area (Å²) in [4.78, 5) is 28.9. The van der Waals surface area contributed by atoms with Crippen LogP contribution in [0.25, 0.3) is 0 Å². The van der Waals surface area contributed by atoms with E-state index >= 15 is 0 Å². The molecular weight excluding hydrogens is 538 g/mol. The zero-order chi connectivity index (χ0) is 28.4. The van der Waals surface area contributed by atoms with Crippen molar-refractivity contribution < 1.29 is 22.7 Å². The third kappa shape index (κ3) is 8.73. The second-order valence-corrected chi connectivity index (χ2v) is 11.5. The molecule has 1 N–H and O–H groups in total. The molecule has 2 amide bonds. The van der Waals surface area contributed by atoms with E-state index in [0.29, 0.717) is 23.0 Å². The lowest BCUT2D eigenvalue weighted by Crippen LogP contribution is -2.53. The normalized spacial score (nSPS) is 11.9. The van der Waals surface area contributed by atoms with Crippen LogP contribution in [-0.2, 0) is 32.6 Å². The molecule has 0 unspecified atom stereocenters. The highest BCUT2D eigenvalue weighted by molar-refractivity contribution is 7.92. The summed E-state index contributed by atoms with van der Waals surface area (Å²) in [5.41, 5.74) is 1.91. The van der Waals surface area contributed by atoms with Crippen LogP contribution in [0, 0.1) is 0 Å². The molecule has 3 aromatic rings. The van der Waals surface area contributed by atoms with Gasteiger partial charge in [-0.1, -0.05) is 61.0 Å². The van der Waals surface area contributed by atoms with Crippen molar-refractivity contribution in [2.75, 3.05) is 30.8 Å². The lowest BCUT2D eigenvalue weighted by Gasteiger charge is -2.33. The summed E-state index contributed by atoms with van der Waals surface area (Å²) >= 11 is 6.00. The molecule has 0 heterocycles. The van der Waals surface area contributed by atoms with Gasteiger partial charge in [0.1, 0.15) is 18.3 Å². The van der Waals surface area contributed by atoms with E-state index in [0.717, 1.165) is 28.1 Å². The van der Waals surface area contributed by atoms with Crippen molar-refractivity contribution in [2.24, 2.45) is 0 Å². The van der Waals surface area contributed by atoms with Crippen LogP contribution in [0.5, 0.6) is 5.75 Å². The highest BCUT2D eigenvalue weighted by Crippen LogP contribution is 2.23. The summed E-state index contributed by atoms with van der Waals surface area (Å²) in [7, 11) is -2.29. The monoisotopic (exact) mass is 571 g/mol. The van der Waals surface area contributed by atoms with Gasteiger partial charge in [0.15, 0.2) is 0 Å². The number of nitrogens with one attached hydrogen (secondary N) is 1. The van der Waals surface area contributed by atoms with E-state index in [1.54, 1.807) is 49.6 Å². The van der Waals surface area contributed by atoms with Gasteiger partial charge in [-0.2, -0.15) is 0 Å². The van der Waals surface area contributed by atoms with E-state index in [2.05, 4.69) is 5.32 Å². The van der Waals surface area contributed by atoms with Crippen molar-refractivity contribution in [1.82, 2.24) is 10.2 Å². The maximum atomic E-state index is 14.0. The molecule has 0 bridgehead atoms. The highest BCUT2D eigenvalue weighted by Gasteiger charge is 2.33. The third-order valence-corrected chi connectivity index (χ3v) is 7.49. The zero-order valence-electron chi connectivity index (χ0n) is 22.3. The molecule has 39 heavy (non-hydrogen) atoms. The number of benzene rings is 3. The molecule has 208 valence electrons. The molecule has 0 saturated heterocycles. The molecule has 0 spiro atoms. The van der Waals surface area contributed by atoms with E-state index in [-0.39, 0.29) is 18.9 Å². The Bertz CT molecular complexity index is 1350. The molecule has 0 aliphatic carbocycles. The molecule has 0 aromatic heterocycles. The fourth-order valence-electron chi connectivity index (χ4n) is 4.11. The molecule has 0 fully saturated rings. The van der Waals surface area contributed by atoms with Crippen LogP contribution < -0.4 is 14.4 Å². The van der Waals surface area contributed by atoms with Crippen LogP contribution in [-0.4, -0.2) is 57.6 Å². The summed E-state index contributed by atoms with van der Waals surface area (Å²) in [6.45, 7) is 1.98. The van der Waals surface area contributed by atoms with Crippen molar-refractivity contribution in [3.8, 4) is 5.75 Å². The average Bonchev–Trinajstić information content (AvgIpc) is 2.92. The van der Waals surface area contributed by atoms with Gasteiger partial charge in [-0.3, -0.25) is 13.9 Å². The van der Waals surface area contributed by atoms with E-state index in [1.807, 2.05) is 43.3 Å². The predicted octanol–water partition coefficient (Wildman–Crippen LogP) is 4.28. The standard InChI is InChI=1S/C29H34ClN3O5S/c1-4-17-31-29(35)27(19-22-9-6-5-7-10-22)32(20-23-11-8-12-26(18-23)38-2)28(34)21-33(39(3,36)37)25-15-13-24(30)14-16-25/h5-16,18,27H,4,17,19-21H2,1-3H3,(H,31,35)/t27-/m0/s1. The number of halogens is 1. The minimum Gasteiger partial charge on any atom is -0.497 e. The number of ether oxygens (including phenoxy) is 1. The lowest BCUT2D eigenvalue weighted by atomic mass is 10.0. The maximum absolute atomic E-state index is 14.0. The van der Waals surface area contributed by atoms with Gasteiger partial charge < -0.3 is 15.0 Å². The van der Waals surface area contributed by atoms with Gasteiger partial charge in [0.2, 0.25) is 21.8 Å². The third-order valence-electron chi connectivity index (χ3n) is 6.10. The Balaban J connectivity index is 2.04. The number of amides is 2. The molecule has 0 saturated carbocycles. The topological polar surface area (TPSA) is 96.0 Å². The minimum atomic E-state index is -3.84. The molecule has 10 heteroatoms. The van der Waals surface area contributed by atoms with Gasteiger partial charge in [0, 0.05) is 24.5 Å². The number of hydrogen-bond acceptors (Lipinski definition) is 5. The number of nitrogens with zero attached hydrogens (tertiary/aromatic N) is 2. The molecule has 3 rings (SSSR count). The zero-order valence-corrected chi connectivity index (χ0v) is 23.9. The number of rotatable bonds is 13. The summed E-state index contributed by atoms with van der Waals surface area (Å²) in [6.07, 6.45) is 2.02. The molecule has 1 atom stereocenters. The Kier molecular flexibility index (Phi) is 10.8. The summed E-state index contributed by atoms with van der Waals surface area (Å²) in [5.74, 6) is -0.228. The molecule has 0 radical (unpaired) electrons. The van der Waals surface area contributed by atoms with Crippen LogP contribution in [0.4, 0.5) is 5.69 Å². The van der Waals surface area contributed by atoms with E-state index in [4.69, 9.17) is 16.3 Å². The van der Waals surface area contributed by atoms with Crippen molar-refractivity contribution in [2.45, 2.75) is 32.4 Å². The first-order chi connectivity index (χ1) is 18.6. The number of anilines is 1. The Hall–Kier alpha value is -3.56. The van der Waals surface area contributed by atoms with Gasteiger partial charge in [0.25, 0.3) is 0 Å². The fourth-order valence-corrected chi connectivity index (χ4v) is 5.08. The van der Waals surface area contributed by atoms with E-state index in [1.165, 1.54) is 4.90 Å². The largest absolute Gasteiger partial charge is 0.497 e. The Labute approximate surface area is 235 Å². The number of methoxy groups -OCH3 is 1. The molecule has 0 aliphatic rings. The van der Waals surface area contributed by atoms with Crippen molar-refractivity contribution in [1.29, 1.82) is 0 Å². The van der Waals surface area contributed by atoms with Gasteiger partial charge in [-0.05, 0) is 53.9 Å². The van der Waals surface area contributed by atoms with E-state index in [9.17, 15) is 18.0 Å². The summed E-state index contributed by atoms with van der Waals surface area (Å²) in [6, 6.07) is 21.9. The molecule has 0 aliphatic heterocycles. The first-order valence-electron chi connectivity index (χ1n) is 12.6. The van der Waals surface area contributed by atoms with Gasteiger partial charge in [0.05, 0.1) is 19.1 Å². The second-order valence-electron chi connectivity index (χ2n) is 9.12. The molecule has 8 nitrogen and oxygen atoms in total. The molecule has 3 aromatic carbocycles. The molecular formula is C29H34ClN3O5S. The van der Waals surface area contributed by atoms with Crippen LogP contribution >= 0.6 is 11.6 Å². The van der Waals surface area contributed by atoms with Gasteiger partial charge >= 0.3 is 0 Å². The maximum Gasteiger partial charge on any atom is 0.244 e. The van der Waals surface area contributed by atoms with Crippen molar-refractivity contribution in [3.05, 3.63) is 95.0 Å². The number of hydrogen-bond donors (Lipinski definition) is 1. The van der Waals surface area contributed by atoms with Crippen LogP contribution in [0.3, 0.4) is 0 Å². The Morgan fingerprint density at radius 2 is 1.64 bits per heavy atom. The lowest BCUT2D eigenvalue weighted by molar-refractivity contribution is -0.140. The van der Waals surface area contributed by atoms with Crippen LogP contribution in [0.2, 0.25) is 5.02 Å². The number of sulfonamides is 1. The van der Waals surface area contributed by atoms with Gasteiger partial charge in [-0.25, -0.2) is 8.42 Å². The summed E-state index contributed by atoms with van der Waals surface area (Å²) < 4.78 is 31.9. The first kappa shape index (κ1) is 30.0.